The first-order chi connectivity index (χ1) is 11.3. The van der Waals surface area contributed by atoms with Gasteiger partial charge in [0.2, 0.25) is 5.91 Å². The van der Waals surface area contributed by atoms with Crippen LogP contribution in [0.4, 0.5) is 0 Å². The van der Waals surface area contributed by atoms with Crippen molar-refractivity contribution in [3.63, 3.8) is 0 Å². The molecule has 2 heterocycles. The molecule has 1 atom stereocenters. The van der Waals surface area contributed by atoms with Gasteiger partial charge in [0.25, 0.3) is 0 Å². The SMILES string of the molecule is COc1cccc(C[C@H]2CN(C(=O)C3CCOCC3)CCO2)c1. The fourth-order valence-electron chi connectivity index (χ4n) is 3.31. The lowest BCUT2D eigenvalue weighted by Gasteiger charge is -2.36. The lowest BCUT2D eigenvalue weighted by atomic mass is 9.97. The molecule has 0 N–H and O–H groups in total. The Morgan fingerprint density at radius 1 is 1.30 bits per heavy atom. The number of carbonyl (C=O) groups is 1. The number of hydrogen-bond donors (Lipinski definition) is 0. The van der Waals surface area contributed by atoms with Crippen LogP contribution >= 0.6 is 0 Å². The Morgan fingerprint density at radius 3 is 2.91 bits per heavy atom. The Hall–Kier alpha value is -1.59. The zero-order valence-electron chi connectivity index (χ0n) is 13.7. The minimum Gasteiger partial charge on any atom is -0.497 e. The molecule has 0 unspecified atom stereocenters. The van der Waals surface area contributed by atoms with Crippen molar-refractivity contribution in [1.82, 2.24) is 4.90 Å². The number of benzene rings is 1. The van der Waals surface area contributed by atoms with E-state index in [2.05, 4.69) is 6.07 Å². The number of amides is 1. The topological polar surface area (TPSA) is 48.0 Å². The van der Waals surface area contributed by atoms with Gasteiger partial charge >= 0.3 is 0 Å². The molecule has 1 aromatic rings. The van der Waals surface area contributed by atoms with Crippen LogP contribution in [0.5, 0.6) is 5.75 Å². The predicted molar refractivity (Wildman–Crippen MR) is 86.6 cm³/mol. The van der Waals surface area contributed by atoms with Gasteiger partial charge in [-0.05, 0) is 30.5 Å². The largest absolute Gasteiger partial charge is 0.497 e. The molecular weight excluding hydrogens is 294 g/mol. The molecule has 2 aliphatic rings. The van der Waals surface area contributed by atoms with Gasteiger partial charge in [0.15, 0.2) is 0 Å². The summed E-state index contributed by atoms with van der Waals surface area (Å²) >= 11 is 0. The summed E-state index contributed by atoms with van der Waals surface area (Å²) < 4.78 is 16.5. The summed E-state index contributed by atoms with van der Waals surface area (Å²) in [5, 5.41) is 0. The zero-order chi connectivity index (χ0) is 16.1. The van der Waals surface area contributed by atoms with Crippen molar-refractivity contribution in [2.24, 2.45) is 5.92 Å². The van der Waals surface area contributed by atoms with Gasteiger partial charge in [0.05, 0.1) is 19.8 Å². The Bertz CT molecular complexity index is 528. The highest BCUT2D eigenvalue weighted by molar-refractivity contribution is 5.79. The standard InChI is InChI=1S/C18H25NO4/c1-21-16-4-2-3-14(11-16)12-17-13-19(7-10-23-17)18(20)15-5-8-22-9-6-15/h2-4,11,15,17H,5-10,12-13H2,1H3/t17-/m0/s1. The smallest absolute Gasteiger partial charge is 0.226 e. The molecule has 5 heteroatoms. The molecule has 0 spiro atoms. The number of nitrogens with zero attached hydrogens (tertiary/aromatic N) is 1. The molecule has 2 fully saturated rings. The van der Waals surface area contributed by atoms with E-state index in [0.29, 0.717) is 32.9 Å². The number of methoxy groups -OCH3 is 1. The summed E-state index contributed by atoms with van der Waals surface area (Å²) in [4.78, 5) is 14.6. The molecule has 2 aliphatic heterocycles. The van der Waals surface area contributed by atoms with Crippen LogP contribution in [0.1, 0.15) is 18.4 Å². The predicted octanol–water partition coefficient (Wildman–Crippen LogP) is 1.89. The maximum atomic E-state index is 12.6. The third-order valence-corrected chi connectivity index (χ3v) is 4.62. The van der Waals surface area contributed by atoms with Gasteiger partial charge in [-0.25, -0.2) is 0 Å². The second-order valence-corrected chi connectivity index (χ2v) is 6.22. The molecule has 3 rings (SSSR count). The molecule has 1 amide bonds. The quantitative estimate of drug-likeness (QED) is 0.850. The molecule has 23 heavy (non-hydrogen) atoms. The average Bonchev–Trinajstić information content (AvgIpc) is 2.62. The van der Waals surface area contributed by atoms with E-state index in [9.17, 15) is 4.79 Å². The van der Waals surface area contributed by atoms with E-state index in [4.69, 9.17) is 14.2 Å². The normalized spacial score (nSPS) is 22.8. The van der Waals surface area contributed by atoms with Gasteiger partial charge in [-0.2, -0.15) is 0 Å². The van der Waals surface area contributed by atoms with Gasteiger partial charge in [-0.3, -0.25) is 4.79 Å². The van der Waals surface area contributed by atoms with Crippen molar-refractivity contribution in [3.8, 4) is 5.75 Å². The fourth-order valence-corrected chi connectivity index (χ4v) is 3.31. The van der Waals surface area contributed by atoms with Gasteiger partial charge < -0.3 is 19.1 Å². The van der Waals surface area contributed by atoms with Crippen LogP contribution in [0.25, 0.3) is 0 Å². The number of carbonyl (C=O) groups excluding carboxylic acids is 1. The summed E-state index contributed by atoms with van der Waals surface area (Å²) in [7, 11) is 1.67. The van der Waals surface area contributed by atoms with Gasteiger partial charge in [0, 0.05) is 38.6 Å². The molecule has 0 radical (unpaired) electrons. The molecule has 0 aromatic heterocycles. The molecular formula is C18H25NO4. The highest BCUT2D eigenvalue weighted by atomic mass is 16.5. The zero-order valence-corrected chi connectivity index (χ0v) is 13.7. The summed E-state index contributed by atoms with van der Waals surface area (Å²) in [6.45, 7) is 3.39. The molecule has 126 valence electrons. The maximum absolute atomic E-state index is 12.6. The number of rotatable bonds is 4. The van der Waals surface area contributed by atoms with Gasteiger partial charge in [-0.1, -0.05) is 12.1 Å². The van der Waals surface area contributed by atoms with Gasteiger partial charge in [-0.15, -0.1) is 0 Å². The van der Waals surface area contributed by atoms with E-state index in [1.54, 1.807) is 7.11 Å². The highest BCUT2D eigenvalue weighted by Crippen LogP contribution is 2.21. The van der Waals surface area contributed by atoms with Crippen LogP contribution < -0.4 is 4.74 Å². The lowest BCUT2D eigenvalue weighted by molar-refractivity contribution is -0.146. The van der Waals surface area contributed by atoms with Crippen molar-refractivity contribution < 1.29 is 19.0 Å². The van der Waals surface area contributed by atoms with Crippen molar-refractivity contribution in [1.29, 1.82) is 0 Å². The second-order valence-electron chi connectivity index (χ2n) is 6.22. The number of ether oxygens (including phenoxy) is 3. The number of morpholine rings is 1. The van der Waals surface area contributed by atoms with Crippen LogP contribution in [0.2, 0.25) is 0 Å². The van der Waals surface area contributed by atoms with Crippen molar-refractivity contribution in [3.05, 3.63) is 29.8 Å². The Labute approximate surface area is 137 Å². The summed E-state index contributed by atoms with van der Waals surface area (Å²) in [5.41, 5.74) is 1.18. The third-order valence-electron chi connectivity index (χ3n) is 4.62. The van der Waals surface area contributed by atoms with Crippen LogP contribution in [0, 0.1) is 5.92 Å². The Morgan fingerprint density at radius 2 is 2.13 bits per heavy atom. The Balaban J connectivity index is 1.58. The summed E-state index contributed by atoms with van der Waals surface area (Å²) in [5.74, 6) is 1.25. The number of hydrogen-bond acceptors (Lipinski definition) is 4. The first kappa shape index (κ1) is 16.3. The highest BCUT2D eigenvalue weighted by Gasteiger charge is 2.30. The first-order valence-corrected chi connectivity index (χ1v) is 8.37. The molecule has 2 saturated heterocycles. The van der Waals surface area contributed by atoms with E-state index in [1.165, 1.54) is 5.56 Å². The Kier molecular flexibility index (Phi) is 5.51. The van der Waals surface area contributed by atoms with E-state index in [1.807, 2.05) is 23.1 Å². The van der Waals surface area contributed by atoms with Crippen molar-refractivity contribution in [2.45, 2.75) is 25.4 Å². The maximum Gasteiger partial charge on any atom is 0.226 e. The molecule has 5 nitrogen and oxygen atoms in total. The van der Waals surface area contributed by atoms with Crippen molar-refractivity contribution in [2.75, 3.05) is 40.0 Å². The first-order valence-electron chi connectivity index (χ1n) is 8.37. The molecule has 0 saturated carbocycles. The van der Waals surface area contributed by atoms with E-state index in [0.717, 1.165) is 25.0 Å². The monoisotopic (exact) mass is 319 g/mol. The molecule has 0 bridgehead atoms. The van der Waals surface area contributed by atoms with Gasteiger partial charge in [0.1, 0.15) is 5.75 Å². The second kappa shape index (κ2) is 7.79. The van der Waals surface area contributed by atoms with E-state index < -0.39 is 0 Å². The summed E-state index contributed by atoms with van der Waals surface area (Å²) in [6.07, 6.45) is 2.54. The molecule has 1 aromatic carbocycles. The van der Waals surface area contributed by atoms with Crippen LogP contribution in [-0.2, 0) is 20.7 Å². The van der Waals surface area contributed by atoms with Crippen molar-refractivity contribution >= 4 is 5.91 Å². The van der Waals surface area contributed by atoms with E-state index >= 15 is 0 Å². The third kappa shape index (κ3) is 4.24. The van der Waals surface area contributed by atoms with E-state index in [-0.39, 0.29) is 17.9 Å². The molecule has 0 aliphatic carbocycles. The lowest BCUT2D eigenvalue weighted by Crippen LogP contribution is -2.49. The average molecular weight is 319 g/mol. The summed E-state index contributed by atoms with van der Waals surface area (Å²) in [6, 6.07) is 8.03. The minimum atomic E-state index is 0.0552. The fraction of sp³-hybridized carbons (Fsp3) is 0.611. The van der Waals surface area contributed by atoms with Crippen LogP contribution in [0.15, 0.2) is 24.3 Å². The van der Waals surface area contributed by atoms with Crippen LogP contribution in [-0.4, -0.2) is 56.9 Å². The van der Waals surface area contributed by atoms with Crippen LogP contribution in [0.3, 0.4) is 0 Å². The minimum absolute atomic E-state index is 0.0552.